The molecule has 7 N–H and O–H groups in total. The Kier molecular flexibility index (Phi) is 9.33. The van der Waals surface area contributed by atoms with Gasteiger partial charge in [0.15, 0.2) is 0 Å². The molecule has 0 spiro atoms. The molecule has 0 saturated carbocycles. The monoisotopic (exact) mass is 434 g/mol. The van der Waals surface area contributed by atoms with Gasteiger partial charge < -0.3 is 36.6 Å². The Labute approximate surface area is 172 Å². The number of aliphatic hydroxyl groups excluding tert-OH is 1. The van der Waals surface area contributed by atoms with E-state index < -0.39 is 66.4 Å². The number of carbonyl (C=O) groups excluding carboxylic acids is 3. The number of amides is 3. The van der Waals surface area contributed by atoms with E-state index in [0.29, 0.717) is 6.42 Å². The predicted molar refractivity (Wildman–Crippen MR) is 102 cm³/mol. The topological polar surface area (TPSA) is 199 Å². The highest BCUT2D eigenvalue weighted by atomic mass is 32.1. The number of carboxylic acids is 2. The minimum absolute atomic E-state index is 0.0153. The molecule has 0 aromatic rings. The van der Waals surface area contributed by atoms with E-state index in [0.717, 1.165) is 4.90 Å². The van der Waals surface area contributed by atoms with Crippen LogP contribution in [0.1, 0.15) is 26.2 Å². The van der Waals surface area contributed by atoms with Crippen LogP contribution in [0.2, 0.25) is 0 Å². The standard InChI is InChI=1S/C16H26N4O8S/c1-7(21)12(19-13(24)8(17)6-29)15(26)20-4-2-3-10(20)14(25)18-9(16(27)28)5-11(22)23/h7-10,12,21,29H,2-6,17H2,1H3,(H,18,25)(H,19,24)(H,22,23)(H,27,28). The van der Waals surface area contributed by atoms with Crippen LogP contribution in [0.4, 0.5) is 0 Å². The Morgan fingerprint density at radius 1 is 1.21 bits per heavy atom. The summed E-state index contributed by atoms with van der Waals surface area (Å²) in [6.07, 6.45) is -1.47. The fourth-order valence-corrected chi connectivity index (χ4v) is 3.02. The number of hydrogen-bond acceptors (Lipinski definition) is 8. The van der Waals surface area contributed by atoms with E-state index in [4.69, 9.17) is 15.9 Å². The lowest BCUT2D eigenvalue weighted by Gasteiger charge is -2.30. The Morgan fingerprint density at radius 3 is 2.31 bits per heavy atom. The molecule has 1 rings (SSSR count). The second-order valence-corrected chi connectivity index (χ2v) is 7.07. The van der Waals surface area contributed by atoms with E-state index in [9.17, 15) is 29.1 Å². The van der Waals surface area contributed by atoms with E-state index in [1.165, 1.54) is 6.92 Å². The average molecular weight is 434 g/mol. The van der Waals surface area contributed by atoms with E-state index in [-0.39, 0.29) is 18.7 Å². The summed E-state index contributed by atoms with van der Waals surface area (Å²) in [5.74, 6) is -5.18. The van der Waals surface area contributed by atoms with Crippen LogP contribution in [-0.4, -0.2) is 92.4 Å². The van der Waals surface area contributed by atoms with Gasteiger partial charge in [0.05, 0.1) is 18.6 Å². The molecule has 1 aliphatic heterocycles. The van der Waals surface area contributed by atoms with Crippen LogP contribution < -0.4 is 16.4 Å². The lowest BCUT2D eigenvalue weighted by molar-refractivity contribution is -0.149. The van der Waals surface area contributed by atoms with Gasteiger partial charge in [0.25, 0.3) is 0 Å². The lowest BCUT2D eigenvalue weighted by Crippen LogP contribution is -2.59. The van der Waals surface area contributed by atoms with Crippen molar-refractivity contribution in [3.05, 3.63) is 0 Å². The number of aliphatic hydroxyl groups is 1. The molecule has 3 amide bonds. The molecule has 29 heavy (non-hydrogen) atoms. The van der Waals surface area contributed by atoms with Crippen molar-refractivity contribution in [3.8, 4) is 0 Å². The molecule has 0 aromatic heterocycles. The summed E-state index contributed by atoms with van der Waals surface area (Å²) in [4.78, 5) is 60.4. The zero-order chi connectivity index (χ0) is 22.3. The van der Waals surface area contributed by atoms with Gasteiger partial charge >= 0.3 is 11.9 Å². The summed E-state index contributed by atoms with van der Waals surface area (Å²) in [5, 5.41) is 32.2. The number of likely N-dealkylation sites (tertiary alicyclic amines) is 1. The van der Waals surface area contributed by atoms with Gasteiger partial charge in [-0.15, -0.1) is 0 Å². The van der Waals surface area contributed by atoms with Crippen LogP contribution in [0.15, 0.2) is 0 Å². The largest absolute Gasteiger partial charge is 0.481 e. The van der Waals surface area contributed by atoms with Crippen molar-refractivity contribution >= 4 is 42.3 Å². The Bertz CT molecular complexity index is 659. The van der Waals surface area contributed by atoms with Gasteiger partial charge in [-0.05, 0) is 19.8 Å². The lowest BCUT2D eigenvalue weighted by atomic mass is 10.1. The van der Waals surface area contributed by atoms with Crippen molar-refractivity contribution in [1.82, 2.24) is 15.5 Å². The molecule has 12 nitrogen and oxygen atoms in total. The third kappa shape index (κ3) is 6.87. The zero-order valence-corrected chi connectivity index (χ0v) is 16.7. The third-order valence-corrected chi connectivity index (χ3v) is 4.80. The first kappa shape index (κ1) is 24.7. The van der Waals surface area contributed by atoms with Crippen molar-refractivity contribution in [2.45, 2.75) is 56.5 Å². The SMILES string of the molecule is CC(O)C(NC(=O)C(N)CS)C(=O)N1CCCC1C(=O)NC(CC(=O)O)C(=O)O. The molecule has 1 heterocycles. The maximum atomic E-state index is 12.8. The quantitative estimate of drug-likeness (QED) is 0.177. The van der Waals surface area contributed by atoms with Crippen LogP contribution in [0.25, 0.3) is 0 Å². The molecule has 1 aliphatic rings. The molecular weight excluding hydrogens is 408 g/mol. The average Bonchev–Trinajstić information content (AvgIpc) is 3.13. The van der Waals surface area contributed by atoms with E-state index in [1.54, 1.807) is 0 Å². The normalized spacial score (nSPS) is 20.3. The second-order valence-electron chi connectivity index (χ2n) is 6.70. The number of nitrogens with one attached hydrogen (secondary N) is 2. The van der Waals surface area contributed by atoms with Crippen LogP contribution in [-0.2, 0) is 24.0 Å². The zero-order valence-electron chi connectivity index (χ0n) is 15.8. The van der Waals surface area contributed by atoms with Gasteiger partial charge in [-0.2, -0.15) is 12.6 Å². The van der Waals surface area contributed by atoms with Crippen molar-refractivity contribution in [3.63, 3.8) is 0 Å². The summed E-state index contributed by atoms with van der Waals surface area (Å²) in [5.41, 5.74) is 5.55. The molecule has 1 fully saturated rings. The number of thiol groups is 1. The maximum Gasteiger partial charge on any atom is 0.326 e. The number of hydrogen-bond donors (Lipinski definition) is 7. The highest BCUT2D eigenvalue weighted by Gasteiger charge is 2.40. The Hall–Kier alpha value is -2.38. The van der Waals surface area contributed by atoms with Gasteiger partial charge in [0.2, 0.25) is 17.7 Å². The third-order valence-electron chi connectivity index (χ3n) is 4.41. The van der Waals surface area contributed by atoms with Crippen LogP contribution in [0.3, 0.4) is 0 Å². The van der Waals surface area contributed by atoms with E-state index >= 15 is 0 Å². The van der Waals surface area contributed by atoms with Crippen molar-refractivity contribution in [2.75, 3.05) is 12.3 Å². The minimum Gasteiger partial charge on any atom is -0.481 e. The Morgan fingerprint density at radius 2 is 1.83 bits per heavy atom. The smallest absolute Gasteiger partial charge is 0.326 e. The Balaban J connectivity index is 2.93. The fourth-order valence-electron chi connectivity index (χ4n) is 2.86. The molecular formula is C16H26N4O8S. The maximum absolute atomic E-state index is 12.8. The molecule has 0 radical (unpaired) electrons. The second kappa shape index (κ2) is 11.0. The fraction of sp³-hybridized carbons (Fsp3) is 0.688. The summed E-state index contributed by atoms with van der Waals surface area (Å²) < 4.78 is 0. The molecule has 1 saturated heterocycles. The molecule has 164 valence electrons. The minimum atomic E-state index is -1.65. The first-order valence-electron chi connectivity index (χ1n) is 8.89. The first-order chi connectivity index (χ1) is 13.5. The van der Waals surface area contributed by atoms with E-state index in [2.05, 4.69) is 23.3 Å². The number of nitrogens with two attached hydrogens (primary N) is 1. The number of carbonyl (C=O) groups is 5. The highest BCUT2D eigenvalue weighted by molar-refractivity contribution is 7.80. The van der Waals surface area contributed by atoms with Crippen molar-refractivity contribution < 1.29 is 39.3 Å². The van der Waals surface area contributed by atoms with Gasteiger partial charge in [-0.3, -0.25) is 19.2 Å². The molecule has 0 aliphatic carbocycles. The summed E-state index contributed by atoms with van der Waals surface area (Å²) in [6, 6.07) is -5.08. The molecule has 5 atom stereocenters. The summed E-state index contributed by atoms with van der Waals surface area (Å²) in [6.45, 7) is 1.43. The van der Waals surface area contributed by atoms with Crippen LogP contribution in [0, 0.1) is 0 Å². The van der Waals surface area contributed by atoms with Crippen LogP contribution >= 0.6 is 12.6 Å². The molecule has 0 aromatic carbocycles. The predicted octanol–water partition coefficient (Wildman–Crippen LogP) is -2.86. The number of aliphatic carboxylic acids is 2. The number of nitrogens with zero attached hydrogens (tertiary/aromatic N) is 1. The van der Waals surface area contributed by atoms with E-state index in [1.807, 2.05) is 0 Å². The summed E-state index contributed by atoms with van der Waals surface area (Å²) in [7, 11) is 0. The molecule has 13 heteroatoms. The molecule has 5 unspecified atom stereocenters. The first-order valence-corrected chi connectivity index (χ1v) is 9.53. The summed E-state index contributed by atoms with van der Waals surface area (Å²) >= 11 is 3.89. The number of carboxylic acid groups (broad SMARTS) is 2. The van der Waals surface area contributed by atoms with Crippen molar-refractivity contribution in [2.24, 2.45) is 5.73 Å². The van der Waals surface area contributed by atoms with Gasteiger partial charge in [0, 0.05) is 12.3 Å². The van der Waals surface area contributed by atoms with Gasteiger partial charge in [-0.1, -0.05) is 0 Å². The van der Waals surface area contributed by atoms with Crippen molar-refractivity contribution in [1.29, 1.82) is 0 Å². The molecule has 0 bridgehead atoms. The van der Waals surface area contributed by atoms with Crippen LogP contribution in [0.5, 0.6) is 0 Å². The van der Waals surface area contributed by atoms with Gasteiger partial charge in [-0.25, -0.2) is 4.79 Å². The highest BCUT2D eigenvalue weighted by Crippen LogP contribution is 2.20. The number of rotatable bonds is 10. The van der Waals surface area contributed by atoms with Gasteiger partial charge in [0.1, 0.15) is 18.1 Å².